The normalized spacial score (nSPS) is 12.0. The van der Waals surface area contributed by atoms with Gasteiger partial charge in [0.15, 0.2) is 0 Å². The number of aliphatic hydroxyl groups is 1. The van der Waals surface area contributed by atoms with Crippen LogP contribution in [0, 0.1) is 0 Å². The van der Waals surface area contributed by atoms with Crippen molar-refractivity contribution in [1.29, 1.82) is 0 Å². The molecule has 0 unspecified atom stereocenters. The number of aromatic nitrogens is 2. The predicted molar refractivity (Wildman–Crippen MR) is 48.2 cm³/mol. The lowest BCUT2D eigenvalue weighted by Crippen LogP contribution is -2.03. The van der Waals surface area contributed by atoms with E-state index in [1.165, 1.54) is 4.68 Å². The van der Waals surface area contributed by atoms with Gasteiger partial charge in [0.2, 0.25) is 0 Å². The molecule has 86 valence electrons. The molecule has 0 atom stereocenters. The molecule has 0 bridgehead atoms. The Morgan fingerprint density at radius 1 is 1.27 bits per heavy atom. The van der Waals surface area contributed by atoms with Crippen molar-refractivity contribution in [3.8, 4) is 0 Å². The Balaban J connectivity index is 2.40. The maximum atomic E-state index is 12.2. The van der Waals surface area contributed by atoms with Gasteiger partial charge in [-0.25, -0.2) is 0 Å². The van der Waals surface area contributed by atoms with E-state index in [-0.39, 0.29) is 6.61 Å². The second kappa shape index (κ2) is 5.16. The van der Waals surface area contributed by atoms with Crippen LogP contribution in [-0.4, -0.2) is 21.5 Å². The lowest BCUT2D eigenvalue weighted by atomic mass is 10.2. The van der Waals surface area contributed by atoms with Crippen molar-refractivity contribution in [3.63, 3.8) is 0 Å². The summed E-state index contributed by atoms with van der Waals surface area (Å²) in [6.45, 7) is 0.572. The van der Waals surface area contributed by atoms with Crippen LogP contribution in [-0.2, 0) is 12.7 Å². The van der Waals surface area contributed by atoms with Crippen LogP contribution in [0.1, 0.15) is 24.8 Å². The first-order chi connectivity index (χ1) is 7.04. The van der Waals surface area contributed by atoms with Gasteiger partial charge in [-0.05, 0) is 19.3 Å². The van der Waals surface area contributed by atoms with E-state index in [9.17, 15) is 13.2 Å². The summed E-state index contributed by atoms with van der Waals surface area (Å²) >= 11 is 0. The predicted octanol–water partition coefficient (Wildman–Crippen LogP) is 2.06. The van der Waals surface area contributed by atoms with Gasteiger partial charge in [-0.2, -0.15) is 18.3 Å². The number of hydrogen-bond acceptors (Lipinski definition) is 2. The zero-order valence-corrected chi connectivity index (χ0v) is 8.17. The second-order valence-electron chi connectivity index (χ2n) is 3.27. The largest absolute Gasteiger partial charge is 0.419 e. The van der Waals surface area contributed by atoms with Gasteiger partial charge < -0.3 is 5.11 Å². The minimum absolute atomic E-state index is 0.118. The van der Waals surface area contributed by atoms with Crippen molar-refractivity contribution in [2.45, 2.75) is 32.0 Å². The Bertz CT molecular complexity index is 296. The standard InChI is InChI=1S/C9H13F3N2O/c10-9(11,12)8-6-13-14(7-8)4-2-1-3-5-15/h6-7,15H,1-5H2. The van der Waals surface area contributed by atoms with Crippen LogP contribution >= 0.6 is 0 Å². The highest BCUT2D eigenvalue weighted by Gasteiger charge is 2.31. The topological polar surface area (TPSA) is 38.0 Å². The fraction of sp³-hybridized carbons (Fsp3) is 0.667. The monoisotopic (exact) mass is 222 g/mol. The number of aliphatic hydroxyl groups excluding tert-OH is 1. The number of alkyl halides is 3. The van der Waals surface area contributed by atoms with E-state index < -0.39 is 11.7 Å². The van der Waals surface area contributed by atoms with Crippen LogP contribution < -0.4 is 0 Å². The molecule has 6 heteroatoms. The molecule has 1 N–H and O–H groups in total. The van der Waals surface area contributed by atoms with Crippen molar-refractivity contribution in [2.75, 3.05) is 6.61 Å². The van der Waals surface area contributed by atoms with Crippen LogP contribution in [0.15, 0.2) is 12.4 Å². The van der Waals surface area contributed by atoms with Crippen molar-refractivity contribution in [1.82, 2.24) is 9.78 Å². The molecule has 3 nitrogen and oxygen atoms in total. The van der Waals surface area contributed by atoms with Gasteiger partial charge in [-0.15, -0.1) is 0 Å². The fourth-order valence-electron chi connectivity index (χ4n) is 1.19. The van der Waals surface area contributed by atoms with Gasteiger partial charge >= 0.3 is 6.18 Å². The molecule has 0 aliphatic heterocycles. The first-order valence-corrected chi connectivity index (χ1v) is 4.74. The Labute approximate surface area is 85.5 Å². The summed E-state index contributed by atoms with van der Waals surface area (Å²) in [5, 5.41) is 12.1. The van der Waals surface area contributed by atoms with Crippen LogP contribution in [0.2, 0.25) is 0 Å². The Morgan fingerprint density at radius 2 is 2.00 bits per heavy atom. The maximum Gasteiger partial charge on any atom is 0.419 e. The minimum atomic E-state index is -4.32. The highest BCUT2D eigenvalue weighted by Crippen LogP contribution is 2.28. The van der Waals surface area contributed by atoms with E-state index in [0.29, 0.717) is 13.0 Å². The van der Waals surface area contributed by atoms with Gasteiger partial charge in [0.05, 0.1) is 11.8 Å². The quantitative estimate of drug-likeness (QED) is 0.774. The Morgan fingerprint density at radius 3 is 2.53 bits per heavy atom. The highest BCUT2D eigenvalue weighted by atomic mass is 19.4. The molecule has 1 aromatic heterocycles. The van der Waals surface area contributed by atoms with Gasteiger partial charge in [0, 0.05) is 19.3 Å². The molecule has 0 saturated heterocycles. The molecule has 0 aliphatic carbocycles. The van der Waals surface area contributed by atoms with E-state index in [1.54, 1.807) is 0 Å². The van der Waals surface area contributed by atoms with Crippen LogP contribution in [0.5, 0.6) is 0 Å². The number of hydrogen-bond donors (Lipinski definition) is 1. The molecular weight excluding hydrogens is 209 g/mol. The Hall–Kier alpha value is -1.04. The van der Waals surface area contributed by atoms with E-state index >= 15 is 0 Å². The molecule has 1 aromatic rings. The molecule has 0 fully saturated rings. The van der Waals surface area contributed by atoms with Crippen molar-refractivity contribution in [3.05, 3.63) is 18.0 Å². The average Bonchev–Trinajstić information content (AvgIpc) is 2.60. The molecule has 1 heterocycles. The van der Waals surface area contributed by atoms with Crippen molar-refractivity contribution >= 4 is 0 Å². The highest BCUT2D eigenvalue weighted by molar-refractivity contribution is 5.08. The number of nitrogens with zero attached hydrogens (tertiary/aromatic N) is 2. The molecule has 0 saturated carbocycles. The zero-order chi connectivity index (χ0) is 11.3. The van der Waals surface area contributed by atoms with E-state index in [0.717, 1.165) is 25.2 Å². The average molecular weight is 222 g/mol. The third kappa shape index (κ3) is 3.91. The van der Waals surface area contributed by atoms with Crippen molar-refractivity contribution < 1.29 is 18.3 Å². The molecule has 0 amide bonds. The summed E-state index contributed by atoms with van der Waals surface area (Å²) in [6.07, 6.45) is -0.307. The van der Waals surface area contributed by atoms with Gasteiger partial charge in [0.1, 0.15) is 0 Å². The third-order valence-corrected chi connectivity index (χ3v) is 2.01. The fourth-order valence-corrected chi connectivity index (χ4v) is 1.19. The number of aryl methyl sites for hydroxylation is 1. The van der Waals surface area contributed by atoms with Crippen LogP contribution in [0.3, 0.4) is 0 Å². The molecule has 0 aliphatic rings. The maximum absolute atomic E-state index is 12.2. The molecule has 0 spiro atoms. The van der Waals surface area contributed by atoms with Gasteiger partial charge in [-0.1, -0.05) is 0 Å². The lowest BCUT2D eigenvalue weighted by molar-refractivity contribution is -0.137. The first-order valence-electron chi connectivity index (χ1n) is 4.74. The lowest BCUT2D eigenvalue weighted by Gasteiger charge is -2.02. The van der Waals surface area contributed by atoms with Crippen LogP contribution in [0.25, 0.3) is 0 Å². The third-order valence-electron chi connectivity index (χ3n) is 2.01. The Kier molecular flexibility index (Phi) is 4.14. The zero-order valence-electron chi connectivity index (χ0n) is 8.17. The SMILES string of the molecule is OCCCCCn1cc(C(F)(F)F)cn1. The summed E-state index contributed by atoms with van der Waals surface area (Å²) in [4.78, 5) is 0. The van der Waals surface area contributed by atoms with E-state index in [1.807, 2.05) is 0 Å². The molecule has 0 radical (unpaired) electrons. The summed E-state index contributed by atoms with van der Waals surface area (Å²) in [5.41, 5.74) is -0.718. The molecule has 0 aromatic carbocycles. The van der Waals surface area contributed by atoms with E-state index in [4.69, 9.17) is 5.11 Å². The van der Waals surface area contributed by atoms with Crippen LogP contribution in [0.4, 0.5) is 13.2 Å². The molecule has 1 rings (SSSR count). The van der Waals surface area contributed by atoms with E-state index in [2.05, 4.69) is 5.10 Å². The summed E-state index contributed by atoms with van der Waals surface area (Å²) in [5.74, 6) is 0. The summed E-state index contributed by atoms with van der Waals surface area (Å²) in [7, 11) is 0. The number of rotatable bonds is 5. The second-order valence-corrected chi connectivity index (χ2v) is 3.27. The van der Waals surface area contributed by atoms with Gasteiger partial charge in [-0.3, -0.25) is 4.68 Å². The summed E-state index contributed by atoms with van der Waals surface area (Å²) in [6, 6.07) is 0. The minimum Gasteiger partial charge on any atom is -0.396 e. The van der Waals surface area contributed by atoms with Gasteiger partial charge in [0.25, 0.3) is 0 Å². The molecular formula is C9H13F3N2O. The number of unbranched alkanes of at least 4 members (excludes halogenated alkanes) is 2. The first kappa shape index (κ1) is 12.0. The molecule has 15 heavy (non-hydrogen) atoms. The van der Waals surface area contributed by atoms with Crippen molar-refractivity contribution in [2.24, 2.45) is 0 Å². The number of halogens is 3. The smallest absolute Gasteiger partial charge is 0.396 e. The summed E-state index contributed by atoms with van der Waals surface area (Å²) < 4.78 is 37.8.